The van der Waals surface area contributed by atoms with Gasteiger partial charge in [0.25, 0.3) is 5.91 Å². The number of aromatic nitrogens is 2. The lowest BCUT2D eigenvalue weighted by Gasteiger charge is -2.36. The van der Waals surface area contributed by atoms with E-state index in [2.05, 4.69) is 5.32 Å². The smallest absolute Gasteiger partial charge is 0.254 e. The molecule has 2 amide bonds. The van der Waals surface area contributed by atoms with Crippen LogP contribution in [0.1, 0.15) is 59.7 Å². The molecule has 152 valence electrons. The van der Waals surface area contributed by atoms with E-state index in [9.17, 15) is 9.59 Å². The van der Waals surface area contributed by atoms with Crippen LogP contribution < -0.4 is 5.32 Å². The molecule has 0 radical (unpaired) electrons. The molecule has 1 saturated heterocycles. The number of anilines is 1. The van der Waals surface area contributed by atoms with Gasteiger partial charge < -0.3 is 15.1 Å². The highest BCUT2D eigenvalue weighted by Gasteiger charge is 2.32. The standard InChI is InChI=1S/C22H27N5O2/c1-15(28)26-13-11-18-17(14-26)20(23-2)25-21(24-18)19-10-6-7-12-27(19)22(29)16-8-4-3-5-9-16/h3-5,8-9,19H,6-7,10-14H2,1-2H3,(H,23,24,25)/t19-/m0/s1. The maximum absolute atomic E-state index is 13.2. The number of amides is 2. The summed E-state index contributed by atoms with van der Waals surface area (Å²) in [6, 6.07) is 9.29. The van der Waals surface area contributed by atoms with Crippen LogP contribution in [0.25, 0.3) is 0 Å². The van der Waals surface area contributed by atoms with Crippen molar-refractivity contribution in [2.75, 3.05) is 25.5 Å². The van der Waals surface area contributed by atoms with Crippen LogP contribution in [-0.2, 0) is 17.8 Å². The van der Waals surface area contributed by atoms with E-state index in [4.69, 9.17) is 9.97 Å². The number of rotatable bonds is 3. The van der Waals surface area contributed by atoms with E-state index in [0.717, 1.165) is 36.3 Å². The van der Waals surface area contributed by atoms with Crippen LogP contribution in [-0.4, -0.2) is 51.7 Å². The summed E-state index contributed by atoms with van der Waals surface area (Å²) >= 11 is 0. The van der Waals surface area contributed by atoms with Crippen molar-refractivity contribution in [3.05, 3.63) is 53.0 Å². The number of hydrogen-bond acceptors (Lipinski definition) is 5. The van der Waals surface area contributed by atoms with E-state index in [1.54, 1.807) is 6.92 Å². The molecule has 1 fully saturated rings. The minimum absolute atomic E-state index is 0.0328. The zero-order valence-electron chi connectivity index (χ0n) is 17.0. The molecule has 1 N–H and O–H groups in total. The Morgan fingerprint density at radius 2 is 1.90 bits per heavy atom. The molecule has 0 bridgehead atoms. The summed E-state index contributed by atoms with van der Waals surface area (Å²) in [5, 5.41) is 3.18. The molecule has 2 aromatic rings. The molecule has 1 aromatic heterocycles. The minimum Gasteiger partial charge on any atom is -0.373 e. The average molecular weight is 393 g/mol. The molecule has 0 spiro atoms. The molecule has 3 heterocycles. The zero-order chi connectivity index (χ0) is 20.4. The number of nitrogens with zero attached hydrogens (tertiary/aromatic N) is 4. The van der Waals surface area contributed by atoms with Crippen molar-refractivity contribution in [2.24, 2.45) is 0 Å². The van der Waals surface area contributed by atoms with Crippen molar-refractivity contribution in [3.8, 4) is 0 Å². The highest BCUT2D eigenvalue weighted by Crippen LogP contribution is 2.33. The molecule has 0 saturated carbocycles. The van der Waals surface area contributed by atoms with Gasteiger partial charge in [0.2, 0.25) is 5.91 Å². The van der Waals surface area contributed by atoms with Crippen molar-refractivity contribution in [1.82, 2.24) is 19.8 Å². The summed E-state index contributed by atoms with van der Waals surface area (Å²) in [6.45, 7) is 3.50. The molecule has 0 unspecified atom stereocenters. The lowest BCUT2D eigenvalue weighted by atomic mass is 9.99. The number of likely N-dealkylation sites (tertiary alicyclic amines) is 1. The second-order valence-corrected chi connectivity index (χ2v) is 7.67. The van der Waals surface area contributed by atoms with Gasteiger partial charge in [0.1, 0.15) is 5.82 Å². The second-order valence-electron chi connectivity index (χ2n) is 7.67. The number of fused-ring (bicyclic) bond motifs is 1. The second kappa shape index (κ2) is 8.19. The van der Waals surface area contributed by atoms with Gasteiger partial charge in [-0.15, -0.1) is 0 Å². The third kappa shape index (κ3) is 3.81. The molecule has 29 heavy (non-hydrogen) atoms. The van der Waals surface area contributed by atoms with Gasteiger partial charge in [-0.2, -0.15) is 0 Å². The van der Waals surface area contributed by atoms with Crippen molar-refractivity contribution in [3.63, 3.8) is 0 Å². The van der Waals surface area contributed by atoms with Gasteiger partial charge in [0, 0.05) is 44.6 Å². The normalized spacial score (nSPS) is 18.9. The predicted molar refractivity (Wildman–Crippen MR) is 110 cm³/mol. The summed E-state index contributed by atoms with van der Waals surface area (Å²) in [6.07, 6.45) is 3.61. The van der Waals surface area contributed by atoms with Crippen LogP contribution in [0.15, 0.2) is 30.3 Å². The van der Waals surface area contributed by atoms with Crippen molar-refractivity contribution >= 4 is 17.6 Å². The van der Waals surface area contributed by atoms with E-state index in [-0.39, 0.29) is 17.9 Å². The summed E-state index contributed by atoms with van der Waals surface area (Å²) < 4.78 is 0. The third-order valence-electron chi connectivity index (χ3n) is 5.84. The van der Waals surface area contributed by atoms with Crippen molar-refractivity contribution in [1.29, 1.82) is 0 Å². The quantitative estimate of drug-likeness (QED) is 0.868. The third-order valence-corrected chi connectivity index (χ3v) is 5.84. The molecular formula is C22H27N5O2. The SMILES string of the molecule is CNc1nc([C@@H]2CCCCN2C(=O)c2ccccc2)nc2c1CN(C(C)=O)CC2. The summed E-state index contributed by atoms with van der Waals surface area (Å²) in [4.78, 5) is 38.4. The maximum Gasteiger partial charge on any atom is 0.254 e. The van der Waals surface area contributed by atoms with Gasteiger partial charge >= 0.3 is 0 Å². The van der Waals surface area contributed by atoms with Crippen LogP contribution in [0.2, 0.25) is 0 Å². The molecule has 1 aromatic carbocycles. The Kier molecular flexibility index (Phi) is 5.47. The number of carbonyl (C=O) groups is 2. The van der Waals surface area contributed by atoms with Gasteiger partial charge in [0.15, 0.2) is 5.82 Å². The van der Waals surface area contributed by atoms with Gasteiger partial charge in [-0.25, -0.2) is 9.97 Å². The highest BCUT2D eigenvalue weighted by molar-refractivity contribution is 5.94. The fourth-order valence-corrected chi connectivity index (χ4v) is 4.25. The first-order valence-corrected chi connectivity index (χ1v) is 10.3. The van der Waals surface area contributed by atoms with E-state index in [0.29, 0.717) is 37.4 Å². The fourth-order valence-electron chi connectivity index (χ4n) is 4.25. The van der Waals surface area contributed by atoms with Crippen LogP contribution in [0.4, 0.5) is 5.82 Å². The molecule has 7 heteroatoms. The maximum atomic E-state index is 13.2. The Balaban J connectivity index is 1.67. The Morgan fingerprint density at radius 3 is 2.62 bits per heavy atom. The predicted octanol–water partition coefficient (Wildman–Crippen LogP) is 2.79. The lowest BCUT2D eigenvalue weighted by Crippen LogP contribution is -2.40. The van der Waals surface area contributed by atoms with E-state index < -0.39 is 0 Å². The van der Waals surface area contributed by atoms with Crippen LogP contribution >= 0.6 is 0 Å². The molecule has 1 atom stereocenters. The zero-order valence-corrected chi connectivity index (χ0v) is 17.0. The largest absolute Gasteiger partial charge is 0.373 e. The van der Waals surface area contributed by atoms with Crippen LogP contribution in [0.3, 0.4) is 0 Å². The summed E-state index contributed by atoms with van der Waals surface area (Å²) in [5.41, 5.74) is 2.66. The Labute approximate surface area is 171 Å². The molecule has 4 rings (SSSR count). The van der Waals surface area contributed by atoms with E-state index in [1.807, 2.05) is 47.2 Å². The first-order valence-electron chi connectivity index (χ1n) is 10.3. The number of benzene rings is 1. The highest BCUT2D eigenvalue weighted by atomic mass is 16.2. The summed E-state index contributed by atoms with van der Waals surface area (Å²) in [7, 11) is 1.84. The Morgan fingerprint density at radius 1 is 1.10 bits per heavy atom. The number of nitrogens with one attached hydrogen (secondary N) is 1. The van der Waals surface area contributed by atoms with E-state index >= 15 is 0 Å². The van der Waals surface area contributed by atoms with Crippen LogP contribution in [0.5, 0.6) is 0 Å². The number of piperidine rings is 1. The van der Waals surface area contributed by atoms with Gasteiger partial charge in [0.05, 0.1) is 18.3 Å². The topological polar surface area (TPSA) is 78.4 Å². The minimum atomic E-state index is -0.125. The fraction of sp³-hybridized carbons (Fsp3) is 0.455. The summed E-state index contributed by atoms with van der Waals surface area (Å²) in [5.74, 6) is 1.56. The monoisotopic (exact) mass is 393 g/mol. The molecule has 2 aliphatic rings. The van der Waals surface area contributed by atoms with Crippen molar-refractivity contribution < 1.29 is 9.59 Å². The molecule has 0 aliphatic carbocycles. The first kappa shape index (κ1) is 19.4. The Hall–Kier alpha value is -2.96. The van der Waals surface area contributed by atoms with E-state index in [1.165, 1.54) is 0 Å². The molecule has 7 nitrogen and oxygen atoms in total. The van der Waals surface area contributed by atoms with Gasteiger partial charge in [-0.3, -0.25) is 9.59 Å². The average Bonchev–Trinajstić information content (AvgIpc) is 2.78. The van der Waals surface area contributed by atoms with Crippen LogP contribution in [0, 0.1) is 0 Å². The number of carbonyl (C=O) groups excluding carboxylic acids is 2. The number of hydrogen-bond donors (Lipinski definition) is 1. The lowest BCUT2D eigenvalue weighted by molar-refractivity contribution is -0.129. The molecular weight excluding hydrogens is 366 g/mol. The Bertz CT molecular complexity index is 898. The van der Waals surface area contributed by atoms with Crippen molar-refractivity contribution in [2.45, 2.75) is 45.2 Å². The molecule has 2 aliphatic heterocycles. The first-order chi connectivity index (χ1) is 14.1. The van der Waals surface area contributed by atoms with Gasteiger partial charge in [-0.1, -0.05) is 18.2 Å². The van der Waals surface area contributed by atoms with Gasteiger partial charge in [-0.05, 0) is 31.4 Å².